The summed E-state index contributed by atoms with van der Waals surface area (Å²) in [6.45, 7) is 0. The average molecular weight is 236 g/mol. The molecule has 1 aliphatic rings. The molecule has 0 aromatic carbocycles. The molecule has 1 saturated heterocycles. The molecular weight excluding hydrogens is 232 g/mol. The molecule has 0 aromatic rings. The summed E-state index contributed by atoms with van der Waals surface area (Å²) in [5.74, 6) is -0.931. The molecule has 0 saturated carbocycles. The first-order valence-corrected chi connectivity index (χ1v) is 5.11. The van der Waals surface area contributed by atoms with Crippen LogP contribution in [0.2, 0.25) is 0 Å². The van der Waals surface area contributed by atoms with E-state index in [0.29, 0.717) is 0 Å². The van der Waals surface area contributed by atoms with E-state index in [1.54, 1.807) is 0 Å². The van der Waals surface area contributed by atoms with Gasteiger partial charge in [0.15, 0.2) is 0 Å². The second-order valence-corrected chi connectivity index (χ2v) is 3.95. The van der Waals surface area contributed by atoms with Crippen LogP contribution in [0.4, 0.5) is 0 Å². The molecule has 0 aromatic heterocycles. The molecule has 0 bridgehead atoms. The van der Waals surface area contributed by atoms with Crippen molar-refractivity contribution in [3.05, 3.63) is 0 Å². The molecule has 13 heavy (non-hydrogen) atoms. The second kappa shape index (κ2) is 6.09. The van der Waals surface area contributed by atoms with Crippen LogP contribution in [-0.4, -0.2) is 35.0 Å². The minimum Gasteiger partial charge on any atom is -0.295 e. The Morgan fingerprint density at radius 1 is 1.23 bits per heavy atom. The molecule has 0 radical (unpaired) electrons. The van der Waals surface area contributed by atoms with Gasteiger partial charge in [0, 0.05) is 0 Å². The van der Waals surface area contributed by atoms with Gasteiger partial charge in [0.25, 0.3) is 20.2 Å². The van der Waals surface area contributed by atoms with Crippen molar-refractivity contribution in [2.75, 3.05) is 0 Å². The molecule has 1 aliphatic heterocycles. The van der Waals surface area contributed by atoms with Gasteiger partial charge in [-0.25, -0.2) is 13.2 Å². The van der Waals surface area contributed by atoms with Crippen LogP contribution < -0.4 is 0 Å². The SMILES string of the molecule is O=C(OO)C1OO1.O=S(O)S(=O)O. The zero-order valence-electron chi connectivity index (χ0n) is 5.68. The lowest BCUT2D eigenvalue weighted by Crippen LogP contribution is -2.07. The van der Waals surface area contributed by atoms with E-state index in [1.165, 1.54) is 0 Å². The molecule has 11 heteroatoms. The third-order valence-electron chi connectivity index (χ3n) is 0.597. The fourth-order valence-electron chi connectivity index (χ4n) is 0.149. The lowest BCUT2D eigenvalue weighted by Gasteiger charge is -1.80. The van der Waals surface area contributed by atoms with E-state index in [0.717, 1.165) is 0 Å². The van der Waals surface area contributed by atoms with E-state index in [-0.39, 0.29) is 0 Å². The Kier molecular flexibility index (Phi) is 5.89. The van der Waals surface area contributed by atoms with E-state index in [2.05, 4.69) is 14.7 Å². The van der Waals surface area contributed by atoms with Crippen molar-refractivity contribution >= 4 is 26.2 Å². The largest absolute Gasteiger partial charge is 0.403 e. The molecule has 2 unspecified atom stereocenters. The molecule has 1 heterocycles. The lowest BCUT2D eigenvalue weighted by molar-refractivity contribution is -0.236. The van der Waals surface area contributed by atoms with Gasteiger partial charge in [-0.2, -0.15) is 15.0 Å². The first kappa shape index (κ1) is 12.6. The second-order valence-electron chi connectivity index (χ2n) is 1.37. The number of carbonyl (C=O) groups is 1. The number of hydrogen-bond acceptors (Lipinski definition) is 7. The van der Waals surface area contributed by atoms with Crippen LogP contribution in [0.25, 0.3) is 0 Å². The van der Waals surface area contributed by atoms with Gasteiger partial charge in [-0.05, 0) is 0 Å². The van der Waals surface area contributed by atoms with Crippen molar-refractivity contribution in [1.29, 1.82) is 0 Å². The monoisotopic (exact) mass is 236 g/mol. The van der Waals surface area contributed by atoms with Gasteiger partial charge in [0.1, 0.15) is 0 Å². The summed E-state index contributed by atoms with van der Waals surface area (Å²) in [6.07, 6.45) is -0.995. The fraction of sp³-hybridized carbons (Fsp3) is 0.500. The van der Waals surface area contributed by atoms with Crippen molar-refractivity contribution in [2.45, 2.75) is 6.29 Å². The molecule has 2 atom stereocenters. The van der Waals surface area contributed by atoms with Crippen molar-refractivity contribution in [3.8, 4) is 0 Å². The lowest BCUT2D eigenvalue weighted by atomic mass is 10.7. The quantitative estimate of drug-likeness (QED) is 0.174. The maximum absolute atomic E-state index is 9.85. The van der Waals surface area contributed by atoms with Crippen LogP contribution in [0.1, 0.15) is 0 Å². The molecular formula is C2H4O9S2. The van der Waals surface area contributed by atoms with E-state index < -0.39 is 32.5 Å². The average Bonchev–Trinajstić information content (AvgIpc) is 2.86. The van der Waals surface area contributed by atoms with Crippen molar-refractivity contribution in [2.24, 2.45) is 0 Å². The topological polar surface area (TPSA) is 146 Å². The van der Waals surface area contributed by atoms with Crippen LogP contribution >= 0.6 is 0 Å². The summed E-state index contributed by atoms with van der Waals surface area (Å²) in [5, 5.41) is 7.54. The number of hydrogen-bond donors (Lipinski definition) is 3. The van der Waals surface area contributed by atoms with E-state index in [4.69, 9.17) is 14.4 Å². The van der Waals surface area contributed by atoms with Gasteiger partial charge in [0.05, 0.1) is 0 Å². The molecule has 0 aliphatic carbocycles. The summed E-state index contributed by atoms with van der Waals surface area (Å²) in [6, 6.07) is 0. The predicted molar refractivity (Wildman–Crippen MR) is 36.2 cm³/mol. The Balaban J connectivity index is 0.000000226. The van der Waals surface area contributed by atoms with Crippen LogP contribution in [-0.2, 0) is 39.7 Å². The molecule has 78 valence electrons. The van der Waals surface area contributed by atoms with Crippen LogP contribution in [0.15, 0.2) is 0 Å². The smallest absolute Gasteiger partial charge is 0.295 e. The Bertz CT molecular complexity index is 208. The minimum absolute atomic E-state index is 0.931. The minimum atomic E-state index is -2.59. The summed E-state index contributed by atoms with van der Waals surface area (Å²) < 4.78 is 33.6. The van der Waals surface area contributed by atoms with Crippen LogP contribution in [0.3, 0.4) is 0 Å². The number of rotatable bonds is 2. The third-order valence-corrected chi connectivity index (χ3v) is 1.57. The highest BCUT2D eigenvalue weighted by atomic mass is 33.2. The third kappa shape index (κ3) is 6.71. The normalized spacial score (nSPS) is 19.3. The Morgan fingerprint density at radius 2 is 1.62 bits per heavy atom. The van der Waals surface area contributed by atoms with Crippen molar-refractivity contribution < 1.29 is 42.2 Å². The van der Waals surface area contributed by atoms with E-state index in [9.17, 15) is 13.2 Å². The van der Waals surface area contributed by atoms with Crippen LogP contribution in [0, 0.1) is 0 Å². The van der Waals surface area contributed by atoms with Gasteiger partial charge in [-0.3, -0.25) is 14.0 Å². The van der Waals surface area contributed by atoms with Gasteiger partial charge in [-0.15, -0.1) is 0 Å². The molecule has 0 spiro atoms. The van der Waals surface area contributed by atoms with E-state index in [1.807, 2.05) is 0 Å². The first-order valence-electron chi connectivity index (χ1n) is 2.38. The number of carbonyl (C=O) groups excluding carboxylic acids is 1. The molecule has 9 nitrogen and oxygen atoms in total. The highest BCUT2D eigenvalue weighted by Crippen LogP contribution is 2.11. The standard InChI is InChI=1S/C2H2O5.H2O4S2/c3-1(5-4)2-6-7-2;1-5(2)6(3)4/h2,4H;(H,1,2)(H,3,4). The summed E-state index contributed by atoms with van der Waals surface area (Å²) >= 11 is 0. The van der Waals surface area contributed by atoms with E-state index >= 15 is 0 Å². The molecule has 0 amide bonds. The maximum atomic E-state index is 9.85. The van der Waals surface area contributed by atoms with Gasteiger partial charge < -0.3 is 0 Å². The summed E-state index contributed by atoms with van der Waals surface area (Å²) in [5.41, 5.74) is 0. The predicted octanol–water partition coefficient (Wildman–Crippen LogP) is -1.36. The zero-order valence-corrected chi connectivity index (χ0v) is 7.32. The highest BCUT2D eigenvalue weighted by molar-refractivity contribution is 8.56. The maximum Gasteiger partial charge on any atom is 0.403 e. The molecule has 3 N–H and O–H groups in total. The van der Waals surface area contributed by atoms with Gasteiger partial charge in [0.2, 0.25) is 0 Å². The first-order chi connectivity index (χ1) is 5.99. The van der Waals surface area contributed by atoms with Crippen molar-refractivity contribution in [3.63, 3.8) is 0 Å². The molecule has 1 rings (SSSR count). The Morgan fingerprint density at radius 3 is 1.69 bits per heavy atom. The fourth-order valence-corrected chi connectivity index (χ4v) is 0.149. The summed E-state index contributed by atoms with van der Waals surface area (Å²) in [7, 11) is -5.18. The Labute approximate surface area is 75.4 Å². The molecule has 1 fully saturated rings. The van der Waals surface area contributed by atoms with Crippen LogP contribution in [0.5, 0.6) is 0 Å². The summed E-state index contributed by atoms with van der Waals surface area (Å²) in [4.78, 5) is 20.9. The van der Waals surface area contributed by atoms with Crippen molar-refractivity contribution in [1.82, 2.24) is 0 Å². The Hall–Kier alpha value is -0.430. The van der Waals surface area contributed by atoms with Gasteiger partial charge in [-0.1, -0.05) is 0 Å². The highest BCUT2D eigenvalue weighted by Gasteiger charge is 2.37. The van der Waals surface area contributed by atoms with Gasteiger partial charge >= 0.3 is 12.3 Å². The zero-order chi connectivity index (χ0) is 10.4.